The van der Waals surface area contributed by atoms with Crippen LogP contribution < -0.4 is 19.1 Å². The number of nitro groups is 1. The largest absolute Gasteiger partial charge is 0.493 e. The van der Waals surface area contributed by atoms with Gasteiger partial charge in [-0.05, 0) is 23.8 Å². The van der Waals surface area contributed by atoms with E-state index in [0.717, 1.165) is 38.3 Å². The Morgan fingerprint density at radius 3 is 2.07 bits per heavy atom. The Labute approximate surface area is 176 Å². The first-order chi connectivity index (χ1) is 13.6. The molecule has 0 amide bonds. The minimum Gasteiger partial charge on any atom is -0.493 e. The number of halogens is 1. The number of anilines is 1. The van der Waals surface area contributed by atoms with Crippen LogP contribution in [0.1, 0.15) is 5.56 Å². The molecule has 29 heavy (non-hydrogen) atoms. The molecule has 0 saturated carbocycles. The number of hydrogen-bond acceptors (Lipinski definition) is 7. The maximum atomic E-state index is 11.3. The molecule has 1 saturated heterocycles. The molecule has 158 valence electrons. The lowest BCUT2D eigenvalue weighted by atomic mass is 10.1. The Bertz CT molecular complexity index is 816. The Kier molecular flexibility index (Phi) is 7.92. The van der Waals surface area contributed by atoms with Gasteiger partial charge in [0.1, 0.15) is 5.69 Å². The molecule has 0 atom stereocenters. The van der Waals surface area contributed by atoms with E-state index in [1.807, 2.05) is 24.3 Å². The first-order valence-corrected chi connectivity index (χ1v) is 9.07. The number of nitro benzene ring substituents is 1. The second kappa shape index (κ2) is 10.2. The van der Waals surface area contributed by atoms with E-state index >= 15 is 0 Å². The number of benzene rings is 2. The number of piperazine rings is 1. The van der Waals surface area contributed by atoms with Gasteiger partial charge in [0.15, 0.2) is 11.5 Å². The standard InChI is InChI=1S/C20H25N3O5.ClH/c1-26-18-12-15(13-19(27-2)20(18)28-3)14-21-8-10-22(11-9-21)16-6-4-5-7-17(16)23(24)25;/h4-7,12-13H,8-11,14H2,1-3H3;1H. The van der Waals surface area contributed by atoms with E-state index in [1.165, 1.54) is 0 Å². The molecule has 8 nitrogen and oxygen atoms in total. The van der Waals surface area contributed by atoms with Crippen molar-refractivity contribution in [1.29, 1.82) is 0 Å². The monoisotopic (exact) mass is 423 g/mol. The van der Waals surface area contributed by atoms with Gasteiger partial charge in [0.05, 0.1) is 26.3 Å². The highest BCUT2D eigenvalue weighted by Crippen LogP contribution is 2.38. The SMILES string of the molecule is COc1cc(CN2CCN(c3ccccc3[N+](=O)[O-])CC2)cc(OC)c1OC.Cl. The zero-order valence-corrected chi connectivity index (χ0v) is 17.6. The lowest BCUT2D eigenvalue weighted by Gasteiger charge is -2.35. The zero-order valence-electron chi connectivity index (χ0n) is 16.8. The molecular formula is C20H26ClN3O5. The van der Waals surface area contributed by atoms with Gasteiger partial charge in [0, 0.05) is 38.8 Å². The van der Waals surface area contributed by atoms with Gasteiger partial charge in [-0.2, -0.15) is 0 Å². The summed E-state index contributed by atoms with van der Waals surface area (Å²) in [6, 6.07) is 10.8. The summed E-state index contributed by atoms with van der Waals surface area (Å²) >= 11 is 0. The first-order valence-electron chi connectivity index (χ1n) is 9.07. The van der Waals surface area contributed by atoms with Crippen molar-refractivity contribution in [3.8, 4) is 17.2 Å². The van der Waals surface area contributed by atoms with E-state index in [4.69, 9.17) is 14.2 Å². The fourth-order valence-corrected chi connectivity index (χ4v) is 3.52. The molecule has 0 radical (unpaired) electrons. The van der Waals surface area contributed by atoms with Gasteiger partial charge in [-0.3, -0.25) is 15.0 Å². The average Bonchev–Trinajstić information content (AvgIpc) is 2.73. The predicted octanol–water partition coefficient (Wildman–Crippen LogP) is 3.36. The van der Waals surface area contributed by atoms with E-state index in [0.29, 0.717) is 22.9 Å². The van der Waals surface area contributed by atoms with Crippen LogP contribution in [0.25, 0.3) is 0 Å². The topological polar surface area (TPSA) is 77.3 Å². The number of ether oxygens (including phenoxy) is 3. The van der Waals surface area contributed by atoms with Crippen molar-refractivity contribution in [3.05, 3.63) is 52.1 Å². The lowest BCUT2D eigenvalue weighted by molar-refractivity contribution is -0.384. The normalized spacial score (nSPS) is 14.1. The molecule has 9 heteroatoms. The highest BCUT2D eigenvalue weighted by atomic mass is 35.5. The second-order valence-corrected chi connectivity index (χ2v) is 6.54. The minimum absolute atomic E-state index is 0. The fraction of sp³-hybridized carbons (Fsp3) is 0.400. The molecule has 1 aliphatic heterocycles. The highest BCUT2D eigenvalue weighted by molar-refractivity contribution is 5.85. The third-order valence-electron chi connectivity index (χ3n) is 4.92. The van der Waals surface area contributed by atoms with E-state index in [1.54, 1.807) is 33.5 Å². The minimum atomic E-state index is -0.322. The van der Waals surface area contributed by atoms with Crippen molar-refractivity contribution in [1.82, 2.24) is 4.90 Å². The van der Waals surface area contributed by atoms with Gasteiger partial charge in [0.25, 0.3) is 5.69 Å². The van der Waals surface area contributed by atoms with Crippen LogP contribution in [-0.4, -0.2) is 57.3 Å². The summed E-state index contributed by atoms with van der Waals surface area (Å²) in [7, 11) is 4.79. The molecule has 1 heterocycles. The summed E-state index contributed by atoms with van der Waals surface area (Å²) in [5.41, 5.74) is 1.90. The van der Waals surface area contributed by atoms with Crippen molar-refractivity contribution in [3.63, 3.8) is 0 Å². The number of nitrogens with zero attached hydrogens (tertiary/aromatic N) is 3. The highest BCUT2D eigenvalue weighted by Gasteiger charge is 2.24. The van der Waals surface area contributed by atoms with Crippen molar-refractivity contribution >= 4 is 23.8 Å². The molecule has 0 unspecified atom stereocenters. The van der Waals surface area contributed by atoms with Crippen LogP contribution in [-0.2, 0) is 6.54 Å². The van der Waals surface area contributed by atoms with Crippen molar-refractivity contribution < 1.29 is 19.1 Å². The van der Waals surface area contributed by atoms with Gasteiger partial charge in [-0.15, -0.1) is 12.4 Å². The Balaban J connectivity index is 0.00000300. The average molecular weight is 424 g/mol. The molecule has 3 rings (SSSR count). The molecule has 2 aromatic rings. The molecule has 1 aliphatic rings. The van der Waals surface area contributed by atoms with E-state index in [2.05, 4.69) is 9.80 Å². The molecular weight excluding hydrogens is 398 g/mol. The Hall–Kier alpha value is -2.71. The van der Waals surface area contributed by atoms with Gasteiger partial charge in [0.2, 0.25) is 5.75 Å². The zero-order chi connectivity index (χ0) is 20.1. The summed E-state index contributed by atoms with van der Waals surface area (Å²) in [5.74, 6) is 1.85. The van der Waals surface area contributed by atoms with Crippen LogP contribution in [0.15, 0.2) is 36.4 Å². The molecule has 1 fully saturated rings. The van der Waals surface area contributed by atoms with Crippen molar-refractivity contribution in [2.24, 2.45) is 0 Å². The summed E-state index contributed by atoms with van der Waals surface area (Å²) in [6.07, 6.45) is 0. The van der Waals surface area contributed by atoms with Crippen LogP contribution >= 0.6 is 12.4 Å². The molecule has 0 spiro atoms. The number of para-hydroxylation sites is 2. The van der Waals surface area contributed by atoms with Crippen LogP contribution in [0.2, 0.25) is 0 Å². The number of methoxy groups -OCH3 is 3. The molecule has 0 N–H and O–H groups in total. The van der Waals surface area contributed by atoms with Crippen LogP contribution in [0.3, 0.4) is 0 Å². The van der Waals surface area contributed by atoms with Gasteiger partial charge in [-0.1, -0.05) is 12.1 Å². The van der Waals surface area contributed by atoms with Crippen molar-refractivity contribution in [2.45, 2.75) is 6.54 Å². The summed E-state index contributed by atoms with van der Waals surface area (Å²) in [6.45, 7) is 3.82. The van der Waals surface area contributed by atoms with Crippen LogP contribution in [0, 0.1) is 10.1 Å². The van der Waals surface area contributed by atoms with Gasteiger partial charge in [-0.25, -0.2) is 0 Å². The fourth-order valence-electron chi connectivity index (χ4n) is 3.52. The summed E-state index contributed by atoms with van der Waals surface area (Å²) < 4.78 is 16.2. The maximum absolute atomic E-state index is 11.3. The molecule has 2 aromatic carbocycles. The molecule has 0 aliphatic carbocycles. The maximum Gasteiger partial charge on any atom is 0.292 e. The van der Waals surface area contributed by atoms with E-state index in [9.17, 15) is 10.1 Å². The molecule has 0 bridgehead atoms. The van der Waals surface area contributed by atoms with E-state index < -0.39 is 0 Å². The third kappa shape index (κ3) is 5.02. The number of rotatable bonds is 7. The van der Waals surface area contributed by atoms with Gasteiger partial charge >= 0.3 is 0 Å². The second-order valence-electron chi connectivity index (χ2n) is 6.54. The van der Waals surface area contributed by atoms with Crippen LogP contribution in [0.4, 0.5) is 11.4 Å². The van der Waals surface area contributed by atoms with E-state index in [-0.39, 0.29) is 23.0 Å². The number of hydrogen-bond donors (Lipinski definition) is 0. The third-order valence-corrected chi connectivity index (χ3v) is 4.92. The van der Waals surface area contributed by atoms with Crippen LogP contribution in [0.5, 0.6) is 17.2 Å². The molecule has 0 aromatic heterocycles. The Morgan fingerprint density at radius 2 is 1.55 bits per heavy atom. The Morgan fingerprint density at radius 1 is 0.966 bits per heavy atom. The summed E-state index contributed by atoms with van der Waals surface area (Å²) in [4.78, 5) is 15.3. The van der Waals surface area contributed by atoms with Crippen molar-refractivity contribution in [2.75, 3.05) is 52.4 Å². The predicted molar refractivity (Wildman–Crippen MR) is 114 cm³/mol. The quantitative estimate of drug-likeness (QED) is 0.499. The van der Waals surface area contributed by atoms with Gasteiger partial charge < -0.3 is 19.1 Å². The lowest BCUT2D eigenvalue weighted by Crippen LogP contribution is -2.46. The summed E-state index contributed by atoms with van der Waals surface area (Å²) in [5, 5.41) is 11.3. The first kappa shape index (κ1) is 22.6. The smallest absolute Gasteiger partial charge is 0.292 e.